The Labute approximate surface area is 161 Å². The van der Waals surface area contributed by atoms with Crippen molar-refractivity contribution in [3.63, 3.8) is 0 Å². The zero-order valence-corrected chi connectivity index (χ0v) is 14.7. The van der Waals surface area contributed by atoms with Gasteiger partial charge in [-0.3, -0.25) is 19.7 Å². The van der Waals surface area contributed by atoms with Crippen LogP contribution < -0.4 is 21.1 Å². The van der Waals surface area contributed by atoms with Crippen molar-refractivity contribution in [3.8, 4) is 11.5 Å². The zero-order chi connectivity index (χ0) is 19.9. The number of hydrogen-bond acceptors (Lipinski definition) is 5. The molecule has 0 radical (unpaired) electrons. The molecule has 3 aromatic carbocycles. The highest BCUT2D eigenvalue weighted by atomic mass is 16.5. The maximum absolute atomic E-state index is 12.0. The number of benzene rings is 3. The Balaban J connectivity index is 1.57. The highest BCUT2D eigenvalue weighted by Gasteiger charge is 2.19. The third-order valence-corrected chi connectivity index (χ3v) is 3.73. The Hall–Kier alpha value is -4.13. The molecule has 0 aromatic heterocycles. The molecule has 3 rings (SSSR count). The Kier molecular flexibility index (Phi) is 5.66. The van der Waals surface area contributed by atoms with E-state index in [0.29, 0.717) is 17.2 Å². The van der Waals surface area contributed by atoms with E-state index >= 15 is 0 Å². The van der Waals surface area contributed by atoms with Gasteiger partial charge < -0.3 is 15.8 Å². The van der Waals surface area contributed by atoms with E-state index in [-0.39, 0.29) is 11.3 Å². The number of carbonyl (C=O) groups is 3. The second kappa shape index (κ2) is 8.50. The fraction of sp³-hybridized carbons (Fsp3) is 0. The van der Waals surface area contributed by atoms with E-state index in [1.165, 1.54) is 12.1 Å². The summed E-state index contributed by atoms with van der Waals surface area (Å²) in [6, 6.07) is 21.9. The average molecular weight is 375 g/mol. The van der Waals surface area contributed by atoms with Crippen LogP contribution >= 0.6 is 0 Å². The summed E-state index contributed by atoms with van der Waals surface area (Å²) in [5.74, 6) is -1.55. The van der Waals surface area contributed by atoms with E-state index in [1.54, 1.807) is 36.4 Å². The summed E-state index contributed by atoms with van der Waals surface area (Å²) in [4.78, 5) is 36.0. The predicted molar refractivity (Wildman–Crippen MR) is 105 cm³/mol. The maximum atomic E-state index is 12.0. The van der Waals surface area contributed by atoms with Crippen molar-refractivity contribution in [2.45, 2.75) is 0 Å². The number of nitrogen functional groups attached to an aromatic ring is 1. The largest absolute Gasteiger partial charge is 0.457 e. The van der Waals surface area contributed by atoms with Gasteiger partial charge in [0.25, 0.3) is 5.91 Å². The van der Waals surface area contributed by atoms with Gasteiger partial charge in [-0.05, 0) is 48.5 Å². The molecule has 0 aliphatic rings. The van der Waals surface area contributed by atoms with Crippen molar-refractivity contribution in [1.29, 1.82) is 0 Å². The highest BCUT2D eigenvalue weighted by Crippen LogP contribution is 2.22. The molecule has 0 bridgehead atoms. The number of imide groups is 1. The molecule has 3 amide bonds. The second-order valence-electron chi connectivity index (χ2n) is 5.76. The number of carbonyl (C=O) groups excluding carboxylic acids is 3. The van der Waals surface area contributed by atoms with E-state index in [0.717, 1.165) is 0 Å². The first-order valence-corrected chi connectivity index (χ1v) is 8.37. The van der Waals surface area contributed by atoms with Crippen LogP contribution in [0.2, 0.25) is 0 Å². The molecule has 3 aromatic rings. The number of amides is 3. The number of nitrogens with one attached hydrogen (secondary N) is 2. The van der Waals surface area contributed by atoms with Crippen LogP contribution in [0.3, 0.4) is 0 Å². The normalized spacial score (nSPS) is 10.0. The molecule has 4 N–H and O–H groups in total. The quantitative estimate of drug-likeness (QED) is 0.480. The van der Waals surface area contributed by atoms with Crippen LogP contribution in [0.4, 0.5) is 11.4 Å². The van der Waals surface area contributed by atoms with Crippen molar-refractivity contribution < 1.29 is 19.1 Å². The van der Waals surface area contributed by atoms with Gasteiger partial charge in [-0.1, -0.05) is 30.3 Å². The lowest BCUT2D eigenvalue weighted by Crippen LogP contribution is -2.39. The molecule has 28 heavy (non-hydrogen) atoms. The SMILES string of the molecule is Nc1ccccc1C(=O)NC(=O)C(=O)Nc1ccc(Oc2ccccc2)cc1. The predicted octanol–water partition coefficient (Wildman–Crippen LogP) is 2.96. The van der Waals surface area contributed by atoms with Crippen LogP contribution in [0, 0.1) is 0 Å². The summed E-state index contributed by atoms with van der Waals surface area (Å²) < 4.78 is 5.65. The van der Waals surface area contributed by atoms with Gasteiger partial charge in [-0.25, -0.2) is 0 Å². The van der Waals surface area contributed by atoms with Gasteiger partial charge in [0.2, 0.25) is 0 Å². The van der Waals surface area contributed by atoms with Gasteiger partial charge in [0, 0.05) is 11.4 Å². The number of anilines is 2. The van der Waals surface area contributed by atoms with Crippen LogP contribution in [0.25, 0.3) is 0 Å². The number of hydrogen-bond donors (Lipinski definition) is 3. The summed E-state index contributed by atoms with van der Waals surface area (Å²) in [7, 11) is 0. The third kappa shape index (κ3) is 4.73. The summed E-state index contributed by atoms with van der Waals surface area (Å²) in [5, 5.41) is 4.42. The minimum atomic E-state index is -1.09. The van der Waals surface area contributed by atoms with Crippen molar-refractivity contribution >= 4 is 29.1 Å². The molecule has 0 aliphatic heterocycles. The first-order chi connectivity index (χ1) is 13.5. The topological polar surface area (TPSA) is 111 Å². The van der Waals surface area contributed by atoms with Gasteiger partial charge >= 0.3 is 11.8 Å². The molecule has 0 aliphatic carbocycles. The lowest BCUT2D eigenvalue weighted by atomic mass is 10.1. The monoisotopic (exact) mass is 375 g/mol. The summed E-state index contributed by atoms with van der Waals surface area (Å²) >= 11 is 0. The fourth-order valence-electron chi connectivity index (χ4n) is 2.35. The minimum absolute atomic E-state index is 0.117. The average Bonchev–Trinajstić information content (AvgIpc) is 2.70. The van der Waals surface area contributed by atoms with Crippen molar-refractivity contribution in [2.24, 2.45) is 0 Å². The highest BCUT2D eigenvalue weighted by molar-refractivity contribution is 6.42. The molecule has 7 heteroatoms. The summed E-state index contributed by atoms with van der Waals surface area (Å²) in [5.41, 5.74) is 6.39. The third-order valence-electron chi connectivity index (χ3n) is 3.73. The molecule has 0 saturated heterocycles. The van der Waals surface area contributed by atoms with Crippen molar-refractivity contribution in [2.75, 3.05) is 11.1 Å². The number of rotatable bonds is 4. The van der Waals surface area contributed by atoms with Gasteiger partial charge in [0.1, 0.15) is 11.5 Å². The molecule has 0 spiro atoms. The number of para-hydroxylation sites is 2. The van der Waals surface area contributed by atoms with Gasteiger partial charge in [-0.15, -0.1) is 0 Å². The standard InChI is InChI=1S/C21H17N3O4/c22-18-9-5-4-8-17(18)19(25)24-21(27)20(26)23-14-10-12-16(13-11-14)28-15-6-2-1-3-7-15/h1-13H,22H2,(H,23,26)(H,24,25,27). The van der Waals surface area contributed by atoms with Crippen LogP contribution in [-0.2, 0) is 9.59 Å². The van der Waals surface area contributed by atoms with Gasteiger partial charge in [0.05, 0.1) is 5.56 Å². The molecule has 7 nitrogen and oxygen atoms in total. The molecule has 140 valence electrons. The molecule has 0 saturated carbocycles. The first-order valence-electron chi connectivity index (χ1n) is 8.37. The second-order valence-corrected chi connectivity index (χ2v) is 5.76. The Morgan fingerprint density at radius 2 is 1.32 bits per heavy atom. The molecule has 0 heterocycles. The lowest BCUT2D eigenvalue weighted by Gasteiger charge is -2.09. The molecular weight excluding hydrogens is 358 g/mol. The van der Waals surface area contributed by atoms with Crippen molar-refractivity contribution in [1.82, 2.24) is 5.32 Å². The van der Waals surface area contributed by atoms with Gasteiger partial charge in [0.15, 0.2) is 0 Å². The van der Waals surface area contributed by atoms with E-state index in [2.05, 4.69) is 5.32 Å². The summed E-state index contributed by atoms with van der Waals surface area (Å²) in [6.07, 6.45) is 0. The number of ether oxygens (including phenoxy) is 1. The Morgan fingerprint density at radius 3 is 2.00 bits per heavy atom. The maximum Gasteiger partial charge on any atom is 0.316 e. The fourth-order valence-corrected chi connectivity index (χ4v) is 2.35. The van der Waals surface area contributed by atoms with Crippen LogP contribution in [0.5, 0.6) is 11.5 Å². The van der Waals surface area contributed by atoms with E-state index in [4.69, 9.17) is 10.5 Å². The Bertz CT molecular complexity index is 1000. The van der Waals surface area contributed by atoms with E-state index in [1.807, 2.05) is 35.6 Å². The van der Waals surface area contributed by atoms with Crippen molar-refractivity contribution in [3.05, 3.63) is 84.4 Å². The minimum Gasteiger partial charge on any atom is -0.457 e. The van der Waals surface area contributed by atoms with Crippen LogP contribution in [-0.4, -0.2) is 17.7 Å². The first kappa shape index (κ1) is 18.7. The zero-order valence-electron chi connectivity index (χ0n) is 14.7. The molecular formula is C21H17N3O4. The smallest absolute Gasteiger partial charge is 0.316 e. The van der Waals surface area contributed by atoms with E-state index in [9.17, 15) is 14.4 Å². The Morgan fingerprint density at radius 1 is 0.714 bits per heavy atom. The number of nitrogens with two attached hydrogens (primary N) is 1. The molecule has 0 fully saturated rings. The van der Waals surface area contributed by atoms with Crippen LogP contribution in [0.15, 0.2) is 78.9 Å². The summed E-state index contributed by atoms with van der Waals surface area (Å²) in [6.45, 7) is 0. The van der Waals surface area contributed by atoms with E-state index < -0.39 is 17.7 Å². The lowest BCUT2D eigenvalue weighted by molar-refractivity contribution is -0.135. The molecule has 0 unspecified atom stereocenters. The van der Waals surface area contributed by atoms with Gasteiger partial charge in [-0.2, -0.15) is 0 Å². The molecule has 0 atom stereocenters. The van der Waals surface area contributed by atoms with Crippen LogP contribution in [0.1, 0.15) is 10.4 Å².